The van der Waals surface area contributed by atoms with Gasteiger partial charge >= 0.3 is 0 Å². The summed E-state index contributed by atoms with van der Waals surface area (Å²) in [7, 11) is -3.73. The third-order valence-electron chi connectivity index (χ3n) is 4.45. The van der Waals surface area contributed by atoms with Gasteiger partial charge in [0.05, 0.1) is 16.6 Å². The average Bonchev–Trinajstić information content (AvgIpc) is 3.16. The van der Waals surface area contributed by atoms with Gasteiger partial charge in [-0.05, 0) is 23.3 Å². The van der Waals surface area contributed by atoms with E-state index in [1.54, 1.807) is 30.3 Å². The first kappa shape index (κ1) is 16.5. The second-order valence-electron chi connectivity index (χ2n) is 6.13. The summed E-state index contributed by atoms with van der Waals surface area (Å²) < 4.78 is 27.7. The van der Waals surface area contributed by atoms with E-state index in [0.29, 0.717) is 6.42 Å². The predicted molar refractivity (Wildman–Crippen MR) is 102 cm³/mol. The van der Waals surface area contributed by atoms with E-state index in [9.17, 15) is 8.42 Å². The molecule has 0 saturated heterocycles. The maximum absolute atomic E-state index is 13.2. The highest BCUT2D eigenvalue weighted by molar-refractivity contribution is 7.89. The highest BCUT2D eigenvalue weighted by Gasteiger charge is 2.37. The maximum Gasteiger partial charge on any atom is 0.279 e. The molecule has 0 saturated carbocycles. The van der Waals surface area contributed by atoms with Crippen molar-refractivity contribution in [3.63, 3.8) is 0 Å². The summed E-state index contributed by atoms with van der Waals surface area (Å²) in [6.45, 7) is 0. The first-order chi connectivity index (χ1) is 12.7. The Kier molecular flexibility index (Phi) is 4.31. The number of benzene rings is 3. The summed E-state index contributed by atoms with van der Waals surface area (Å²) in [6, 6.07) is 27.5. The van der Waals surface area contributed by atoms with E-state index in [0.717, 1.165) is 16.8 Å². The summed E-state index contributed by atoms with van der Waals surface area (Å²) in [5.74, 6) is 0. The molecule has 0 aromatic heterocycles. The van der Waals surface area contributed by atoms with E-state index in [-0.39, 0.29) is 10.9 Å². The molecule has 1 heterocycles. The second-order valence-corrected chi connectivity index (χ2v) is 7.93. The third kappa shape index (κ3) is 3.02. The Morgan fingerprint density at radius 2 is 1.31 bits per heavy atom. The SMILES string of the molecule is O=S(=O)(c1ccccc1)N1N=C(c2ccccc2)C[C@@H]1c1ccccc1. The van der Waals surface area contributed by atoms with Gasteiger partial charge < -0.3 is 0 Å². The first-order valence-corrected chi connectivity index (χ1v) is 9.87. The van der Waals surface area contributed by atoms with Crippen LogP contribution in [0.4, 0.5) is 0 Å². The minimum Gasteiger partial charge on any atom is -0.200 e. The van der Waals surface area contributed by atoms with E-state index < -0.39 is 10.0 Å². The largest absolute Gasteiger partial charge is 0.279 e. The number of hydrogen-bond acceptors (Lipinski definition) is 3. The summed E-state index contributed by atoms with van der Waals surface area (Å²) in [4.78, 5) is 0.249. The van der Waals surface area contributed by atoms with Crippen LogP contribution in [0.5, 0.6) is 0 Å². The summed E-state index contributed by atoms with van der Waals surface area (Å²) in [5.41, 5.74) is 2.65. The number of nitrogens with zero attached hydrogens (tertiary/aromatic N) is 2. The lowest BCUT2D eigenvalue weighted by Crippen LogP contribution is -2.27. The quantitative estimate of drug-likeness (QED) is 0.697. The molecular weight excluding hydrogens is 344 g/mol. The van der Waals surface area contributed by atoms with E-state index in [2.05, 4.69) is 5.10 Å². The Hall–Kier alpha value is -2.92. The van der Waals surface area contributed by atoms with Crippen molar-refractivity contribution >= 4 is 15.7 Å². The lowest BCUT2D eigenvalue weighted by Gasteiger charge is -2.23. The van der Waals surface area contributed by atoms with Crippen molar-refractivity contribution < 1.29 is 8.42 Å². The molecule has 0 fully saturated rings. The molecular formula is C21H18N2O2S. The number of sulfonamides is 1. The normalized spacial score (nSPS) is 17.2. The van der Waals surface area contributed by atoms with Crippen molar-refractivity contribution in [1.82, 2.24) is 4.41 Å². The van der Waals surface area contributed by atoms with Crippen molar-refractivity contribution in [3.05, 3.63) is 102 Å². The number of rotatable bonds is 4. The topological polar surface area (TPSA) is 49.7 Å². The summed E-state index contributed by atoms with van der Waals surface area (Å²) in [6.07, 6.45) is 0.542. The zero-order valence-electron chi connectivity index (χ0n) is 14.1. The molecule has 5 heteroatoms. The predicted octanol–water partition coefficient (Wildman–Crippen LogP) is 4.23. The lowest BCUT2D eigenvalue weighted by atomic mass is 9.99. The molecule has 1 atom stereocenters. The van der Waals surface area contributed by atoms with E-state index in [1.807, 2.05) is 60.7 Å². The molecule has 4 nitrogen and oxygen atoms in total. The van der Waals surface area contributed by atoms with Crippen LogP contribution in [0, 0.1) is 0 Å². The van der Waals surface area contributed by atoms with Crippen LogP contribution in [0.25, 0.3) is 0 Å². The molecule has 1 aliphatic heterocycles. The van der Waals surface area contributed by atoms with E-state index in [1.165, 1.54) is 4.41 Å². The Morgan fingerprint density at radius 1 is 0.769 bits per heavy atom. The summed E-state index contributed by atoms with van der Waals surface area (Å²) in [5, 5.41) is 4.53. The van der Waals surface area contributed by atoms with Crippen molar-refractivity contribution in [2.45, 2.75) is 17.4 Å². The van der Waals surface area contributed by atoms with Gasteiger partial charge in [0.1, 0.15) is 0 Å². The zero-order valence-corrected chi connectivity index (χ0v) is 14.9. The molecule has 0 bridgehead atoms. The molecule has 0 aliphatic carbocycles. The molecule has 0 unspecified atom stereocenters. The molecule has 1 aliphatic rings. The van der Waals surface area contributed by atoms with Gasteiger partial charge in [0.15, 0.2) is 0 Å². The number of hydrogen-bond donors (Lipinski definition) is 0. The van der Waals surface area contributed by atoms with Crippen LogP contribution < -0.4 is 0 Å². The minimum absolute atomic E-state index is 0.249. The molecule has 26 heavy (non-hydrogen) atoms. The maximum atomic E-state index is 13.2. The van der Waals surface area contributed by atoms with Crippen LogP contribution in [0.15, 0.2) is 101 Å². The number of hydrazone groups is 1. The fourth-order valence-electron chi connectivity index (χ4n) is 3.14. The van der Waals surface area contributed by atoms with Crippen LogP contribution in [-0.2, 0) is 10.0 Å². The van der Waals surface area contributed by atoms with Crippen molar-refractivity contribution in [3.8, 4) is 0 Å². The standard InChI is InChI=1S/C21H18N2O2S/c24-26(25,19-14-8-3-9-15-19)23-21(18-12-6-2-7-13-18)16-20(22-23)17-10-4-1-5-11-17/h1-15,21H,16H2/t21-/m1/s1. The fourth-order valence-corrected chi connectivity index (χ4v) is 4.59. The van der Waals surface area contributed by atoms with Crippen LogP contribution in [0.2, 0.25) is 0 Å². The lowest BCUT2D eigenvalue weighted by molar-refractivity contribution is 0.371. The molecule has 4 rings (SSSR count). The van der Waals surface area contributed by atoms with Gasteiger partial charge in [0.2, 0.25) is 0 Å². The minimum atomic E-state index is -3.73. The molecule has 0 N–H and O–H groups in total. The summed E-state index contributed by atoms with van der Waals surface area (Å²) >= 11 is 0. The van der Waals surface area contributed by atoms with Crippen LogP contribution in [-0.4, -0.2) is 18.5 Å². The van der Waals surface area contributed by atoms with Gasteiger partial charge in [-0.15, -0.1) is 0 Å². The van der Waals surface area contributed by atoms with Gasteiger partial charge in [0.25, 0.3) is 10.0 Å². The van der Waals surface area contributed by atoms with E-state index in [4.69, 9.17) is 0 Å². The second kappa shape index (κ2) is 6.77. The van der Waals surface area contributed by atoms with Gasteiger partial charge in [-0.25, -0.2) is 0 Å². The molecule has 0 spiro atoms. The van der Waals surface area contributed by atoms with Gasteiger partial charge in [-0.2, -0.15) is 17.9 Å². The van der Waals surface area contributed by atoms with Crippen molar-refractivity contribution in [2.75, 3.05) is 0 Å². The highest BCUT2D eigenvalue weighted by atomic mass is 32.2. The average molecular weight is 362 g/mol. The van der Waals surface area contributed by atoms with Crippen molar-refractivity contribution in [1.29, 1.82) is 0 Å². The van der Waals surface area contributed by atoms with Gasteiger partial charge in [-0.1, -0.05) is 78.9 Å². The van der Waals surface area contributed by atoms with Gasteiger partial charge in [-0.3, -0.25) is 0 Å². The van der Waals surface area contributed by atoms with Crippen molar-refractivity contribution in [2.24, 2.45) is 5.10 Å². The van der Waals surface area contributed by atoms with Crippen LogP contribution in [0.1, 0.15) is 23.6 Å². The van der Waals surface area contributed by atoms with Crippen LogP contribution >= 0.6 is 0 Å². The Labute approximate surface area is 153 Å². The Morgan fingerprint density at radius 3 is 1.92 bits per heavy atom. The highest BCUT2D eigenvalue weighted by Crippen LogP contribution is 2.36. The monoisotopic (exact) mass is 362 g/mol. The molecule has 130 valence electrons. The fraction of sp³-hybridized carbons (Fsp3) is 0.0952. The molecule has 3 aromatic carbocycles. The van der Waals surface area contributed by atoms with E-state index >= 15 is 0 Å². The first-order valence-electron chi connectivity index (χ1n) is 8.43. The smallest absolute Gasteiger partial charge is 0.200 e. The van der Waals surface area contributed by atoms with Gasteiger partial charge in [0, 0.05) is 6.42 Å². The Bertz CT molecular complexity index is 1020. The molecule has 0 amide bonds. The molecule has 0 radical (unpaired) electrons. The third-order valence-corrected chi connectivity index (χ3v) is 6.15. The zero-order chi connectivity index (χ0) is 18.0. The van der Waals surface area contributed by atoms with Crippen LogP contribution in [0.3, 0.4) is 0 Å². The Balaban J connectivity index is 1.80. The molecule has 3 aromatic rings.